The molecule has 2 N–H and O–H groups in total. The van der Waals surface area contributed by atoms with Crippen LogP contribution in [-0.4, -0.2) is 34.0 Å². The number of aliphatic hydroxyl groups excluding tert-OH is 1. The van der Waals surface area contributed by atoms with E-state index in [0.717, 1.165) is 5.56 Å². The second-order valence-electron chi connectivity index (χ2n) is 3.56. The van der Waals surface area contributed by atoms with Crippen molar-refractivity contribution in [1.29, 1.82) is 0 Å². The third-order valence-corrected chi connectivity index (χ3v) is 2.40. The van der Waals surface area contributed by atoms with Gasteiger partial charge in [-0.3, -0.25) is 5.10 Å². The summed E-state index contributed by atoms with van der Waals surface area (Å²) < 4.78 is 10.7. The van der Waals surface area contributed by atoms with E-state index in [1.165, 1.54) is 0 Å². The Morgan fingerprint density at radius 2 is 2.17 bits per heavy atom. The van der Waals surface area contributed by atoms with Crippen molar-refractivity contribution in [2.24, 2.45) is 0 Å². The zero-order chi connectivity index (χ0) is 13.0. The Morgan fingerprint density at radius 1 is 1.33 bits per heavy atom. The van der Waals surface area contributed by atoms with E-state index in [1.807, 2.05) is 19.1 Å². The molecule has 2 rings (SSSR count). The number of methoxy groups -OCH3 is 1. The van der Waals surface area contributed by atoms with Crippen LogP contribution in [0.25, 0.3) is 11.4 Å². The molecule has 0 radical (unpaired) electrons. The number of benzene rings is 1. The molecule has 1 aromatic carbocycles. The molecule has 0 aliphatic carbocycles. The summed E-state index contributed by atoms with van der Waals surface area (Å²) in [6.45, 7) is 2.29. The highest BCUT2D eigenvalue weighted by Gasteiger charge is 2.10. The maximum Gasteiger partial charge on any atom is 0.181 e. The fourth-order valence-corrected chi connectivity index (χ4v) is 1.58. The molecule has 2 aromatic rings. The SMILES string of the molecule is CCOc1cc(-c2n[nH]c(CO)n2)ccc1OC. The van der Waals surface area contributed by atoms with Crippen LogP contribution in [0.1, 0.15) is 12.7 Å². The third-order valence-electron chi connectivity index (χ3n) is 2.40. The Bertz CT molecular complexity index is 525. The standard InChI is InChI=1S/C12H15N3O3/c1-3-18-10-6-8(4-5-9(10)17-2)12-13-11(7-16)14-15-12/h4-6,16H,3,7H2,1-2H3,(H,13,14,15). The minimum absolute atomic E-state index is 0.165. The first kappa shape index (κ1) is 12.4. The zero-order valence-corrected chi connectivity index (χ0v) is 10.3. The summed E-state index contributed by atoms with van der Waals surface area (Å²) in [5.41, 5.74) is 0.801. The monoisotopic (exact) mass is 249 g/mol. The van der Waals surface area contributed by atoms with Gasteiger partial charge in [0.25, 0.3) is 0 Å². The number of aliphatic hydroxyl groups is 1. The van der Waals surface area contributed by atoms with Gasteiger partial charge in [-0.15, -0.1) is 0 Å². The van der Waals surface area contributed by atoms with E-state index in [2.05, 4.69) is 15.2 Å². The highest BCUT2D eigenvalue weighted by molar-refractivity contribution is 5.60. The van der Waals surface area contributed by atoms with Crippen molar-refractivity contribution in [2.45, 2.75) is 13.5 Å². The quantitative estimate of drug-likeness (QED) is 0.836. The minimum Gasteiger partial charge on any atom is -0.493 e. The van der Waals surface area contributed by atoms with Crippen LogP contribution in [0.3, 0.4) is 0 Å². The van der Waals surface area contributed by atoms with E-state index in [9.17, 15) is 0 Å². The Morgan fingerprint density at radius 3 is 2.78 bits per heavy atom. The van der Waals surface area contributed by atoms with E-state index in [0.29, 0.717) is 29.8 Å². The Balaban J connectivity index is 2.36. The first-order valence-electron chi connectivity index (χ1n) is 5.61. The van der Waals surface area contributed by atoms with Crippen LogP contribution in [0.15, 0.2) is 18.2 Å². The molecule has 1 heterocycles. The van der Waals surface area contributed by atoms with Crippen LogP contribution >= 0.6 is 0 Å². The number of rotatable bonds is 5. The fourth-order valence-electron chi connectivity index (χ4n) is 1.58. The fraction of sp³-hybridized carbons (Fsp3) is 0.333. The Kier molecular flexibility index (Phi) is 3.78. The highest BCUT2D eigenvalue weighted by Crippen LogP contribution is 2.31. The van der Waals surface area contributed by atoms with Gasteiger partial charge in [-0.1, -0.05) is 0 Å². The molecule has 0 spiro atoms. The first-order chi connectivity index (χ1) is 8.78. The molecule has 0 bridgehead atoms. The number of nitrogens with one attached hydrogen (secondary N) is 1. The minimum atomic E-state index is -0.165. The number of H-pyrrole nitrogens is 1. The van der Waals surface area contributed by atoms with Gasteiger partial charge in [-0.2, -0.15) is 5.10 Å². The van der Waals surface area contributed by atoms with Gasteiger partial charge in [0.1, 0.15) is 6.61 Å². The second kappa shape index (κ2) is 5.50. The van der Waals surface area contributed by atoms with Gasteiger partial charge in [-0.25, -0.2) is 4.98 Å². The molecule has 18 heavy (non-hydrogen) atoms. The second-order valence-corrected chi connectivity index (χ2v) is 3.56. The number of ether oxygens (including phenoxy) is 2. The van der Waals surface area contributed by atoms with E-state index in [1.54, 1.807) is 13.2 Å². The van der Waals surface area contributed by atoms with Gasteiger partial charge >= 0.3 is 0 Å². The summed E-state index contributed by atoms with van der Waals surface area (Å²) in [5.74, 6) is 2.26. The lowest BCUT2D eigenvalue weighted by Gasteiger charge is -2.09. The lowest BCUT2D eigenvalue weighted by atomic mass is 10.2. The molecule has 0 unspecified atom stereocenters. The van der Waals surface area contributed by atoms with Crippen molar-refractivity contribution >= 4 is 0 Å². The van der Waals surface area contributed by atoms with Crippen LogP contribution in [0.4, 0.5) is 0 Å². The van der Waals surface area contributed by atoms with Gasteiger partial charge in [0.15, 0.2) is 23.1 Å². The molecule has 6 nitrogen and oxygen atoms in total. The van der Waals surface area contributed by atoms with Crippen molar-refractivity contribution in [3.63, 3.8) is 0 Å². The van der Waals surface area contributed by atoms with Gasteiger partial charge in [0.2, 0.25) is 0 Å². The van der Waals surface area contributed by atoms with Crippen molar-refractivity contribution in [1.82, 2.24) is 15.2 Å². The van der Waals surface area contributed by atoms with E-state index in [4.69, 9.17) is 14.6 Å². The van der Waals surface area contributed by atoms with Crippen LogP contribution in [0.2, 0.25) is 0 Å². The third kappa shape index (κ3) is 2.43. The molecule has 1 aromatic heterocycles. The summed E-state index contributed by atoms with van der Waals surface area (Å²) in [5, 5.41) is 15.6. The van der Waals surface area contributed by atoms with Gasteiger partial charge in [0, 0.05) is 5.56 Å². The molecule has 0 amide bonds. The normalized spacial score (nSPS) is 10.4. The van der Waals surface area contributed by atoms with Crippen molar-refractivity contribution in [3.05, 3.63) is 24.0 Å². The molecular formula is C12H15N3O3. The van der Waals surface area contributed by atoms with E-state index in [-0.39, 0.29) is 6.61 Å². The number of hydrogen-bond donors (Lipinski definition) is 2. The maximum absolute atomic E-state index is 8.94. The number of aromatic nitrogens is 3. The predicted molar refractivity (Wildman–Crippen MR) is 65.5 cm³/mol. The summed E-state index contributed by atoms with van der Waals surface area (Å²) in [6, 6.07) is 5.45. The molecule has 0 fully saturated rings. The lowest BCUT2D eigenvalue weighted by molar-refractivity contribution is 0.272. The smallest absolute Gasteiger partial charge is 0.181 e. The predicted octanol–water partition coefficient (Wildman–Crippen LogP) is 1.37. The van der Waals surface area contributed by atoms with Crippen molar-refractivity contribution < 1.29 is 14.6 Å². The average Bonchev–Trinajstić information content (AvgIpc) is 2.88. The summed E-state index contributed by atoms with van der Waals surface area (Å²) in [6.07, 6.45) is 0. The topological polar surface area (TPSA) is 80.3 Å². The molecule has 6 heteroatoms. The number of nitrogens with zero attached hydrogens (tertiary/aromatic N) is 2. The summed E-state index contributed by atoms with van der Waals surface area (Å²) in [7, 11) is 1.59. The highest BCUT2D eigenvalue weighted by atomic mass is 16.5. The largest absolute Gasteiger partial charge is 0.493 e. The Hall–Kier alpha value is -2.08. The molecule has 0 saturated heterocycles. The molecule has 0 aliphatic heterocycles. The van der Waals surface area contributed by atoms with Crippen molar-refractivity contribution in [3.8, 4) is 22.9 Å². The van der Waals surface area contributed by atoms with Gasteiger partial charge < -0.3 is 14.6 Å². The summed E-state index contributed by atoms with van der Waals surface area (Å²) in [4.78, 5) is 4.14. The zero-order valence-electron chi connectivity index (χ0n) is 10.3. The van der Waals surface area contributed by atoms with E-state index < -0.39 is 0 Å². The molecule has 0 atom stereocenters. The van der Waals surface area contributed by atoms with Crippen LogP contribution in [0.5, 0.6) is 11.5 Å². The molecule has 0 saturated carbocycles. The van der Waals surface area contributed by atoms with E-state index >= 15 is 0 Å². The lowest BCUT2D eigenvalue weighted by Crippen LogP contribution is -1.96. The average molecular weight is 249 g/mol. The van der Waals surface area contributed by atoms with Gasteiger partial charge in [0.05, 0.1) is 13.7 Å². The molecule has 0 aliphatic rings. The van der Waals surface area contributed by atoms with Crippen molar-refractivity contribution in [2.75, 3.05) is 13.7 Å². The summed E-state index contributed by atoms with van der Waals surface area (Å²) >= 11 is 0. The molecule has 96 valence electrons. The molecular weight excluding hydrogens is 234 g/mol. The number of aromatic amines is 1. The first-order valence-corrected chi connectivity index (χ1v) is 5.61. The Labute approximate surface area is 105 Å². The maximum atomic E-state index is 8.94. The van der Waals surface area contributed by atoms with Gasteiger partial charge in [-0.05, 0) is 25.1 Å². The van der Waals surface area contributed by atoms with Crippen LogP contribution < -0.4 is 9.47 Å². The van der Waals surface area contributed by atoms with Crippen LogP contribution in [0, 0.1) is 0 Å². The number of hydrogen-bond acceptors (Lipinski definition) is 5. The van der Waals surface area contributed by atoms with Crippen LogP contribution in [-0.2, 0) is 6.61 Å².